The number of ether oxygens (including phenoxy) is 2. The Bertz CT molecular complexity index is 1920. The molecule has 6 unspecified atom stereocenters. The number of carbonyl (C=O) groups excluding carboxylic acids is 2. The first-order valence-electron chi connectivity index (χ1n) is 14.8. The molecule has 4 aliphatic rings. The molecule has 3 aromatic carbocycles. The SMILES string of the molecule is COc1cc([C@H]2c3sc(=O)[nH]c3SC3C4CC(C5C(=O)N(c6ccc(C)cc6)C(=O)C45)C32)ccc1OCc1ccc(Cl)cc1Cl. The van der Waals surface area contributed by atoms with Gasteiger partial charge in [-0.2, -0.15) is 0 Å². The van der Waals surface area contributed by atoms with Crippen LogP contribution < -0.4 is 19.2 Å². The maximum atomic E-state index is 14.0. The lowest BCUT2D eigenvalue weighted by Crippen LogP contribution is -2.42. The highest BCUT2D eigenvalue weighted by molar-refractivity contribution is 8.00. The summed E-state index contributed by atoms with van der Waals surface area (Å²) in [5.74, 6) is 0.266. The second-order valence-electron chi connectivity index (χ2n) is 12.2. The number of fused-ring (bicyclic) bond motifs is 9. The molecule has 230 valence electrons. The summed E-state index contributed by atoms with van der Waals surface area (Å²) < 4.78 is 11.9. The van der Waals surface area contributed by atoms with E-state index in [9.17, 15) is 14.4 Å². The highest BCUT2D eigenvalue weighted by atomic mass is 35.5. The number of hydrogen-bond acceptors (Lipinski definition) is 7. The van der Waals surface area contributed by atoms with Gasteiger partial charge in [0.15, 0.2) is 11.5 Å². The summed E-state index contributed by atoms with van der Waals surface area (Å²) in [5.41, 5.74) is 3.50. The highest BCUT2D eigenvalue weighted by Gasteiger charge is 2.69. The van der Waals surface area contributed by atoms with E-state index in [4.69, 9.17) is 32.7 Å². The number of benzene rings is 3. The van der Waals surface area contributed by atoms with Crippen LogP contribution in [-0.2, 0) is 16.2 Å². The Morgan fingerprint density at radius 2 is 1.69 bits per heavy atom. The van der Waals surface area contributed by atoms with Crippen molar-refractivity contribution in [3.8, 4) is 11.5 Å². The number of nitrogens with zero attached hydrogens (tertiary/aromatic N) is 1. The van der Waals surface area contributed by atoms with Crippen LogP contribution in [0.25, 0.3) is 0 Å². The highest BCUT2D eigenvalue weighted by Crippen LogP contribution is 2.68. The molecule has 3 fully saturated rings. The second-order valence-corrected chi connectivity index (χ2v) is 15.3. The maximum Gasteiger partial charge on any atom is 0.305 e. The van der Waals surface area contributed by atoms with Gasteiger partial charge in [-0.3, -0.25) is 19.3 Å². The number of thioether (sulfide) groups is 1. The van der Waals surface area contributed by atoms with E-state index in [1.165, 1.54) is 16.2 Å². The van der Waals surface area contributed by atoms with Gasteiger partial charge in [0.1, 0.15) is 6.61 Å². The number of hydrogen-bond donors (Lipinski definition) is 1. The Balaban J connectivity index is 1.14. The monoisotopic (exact) mass is 678 g/mol. The smallest absolute Gasteiger partial charge is 0.305 e. The average molecular weight is 680 g/mol. The van der Waals surface area contributed by atoms with E-state index < -0.39 is 0 Å². The molecule has 2 saturated carbocycles. The molecule has 1 N–H and O–H groups in total. The Kier molecular flexibility index (Phi) is 7.09. The lowest BCUT2D eigenvalue weighted by atomic mass is 9.68. The zero-order valence-electron chi connectivity index (χ0n) is 24.3. The summed E-state index contributed by atoms with van der Waals surface area (Å²) in [5, 5.41) is 2.04. The normalized spacial score (nSPS) is 27.8. The van der Waals surface area contributed by atoms with Gasteiger partial charge in [0.25, 0.3) is 0 Å². The van der Waals surface area contributed by atoms with E-state index in [2.05, 4.69) is 4.98 Å². The minimum atomic E-state index is -0.362. The molecule has 0 spiro atoms. The van der Waals surface area contributed by atoms with Gasteiger partial charge in [0.2, 0.25) is 11.8 Å². The van der Waals surface area contributed by atoms with E-state index >= 15 is 0 Å². The summed E-state index contributed by atoms with van der Waals surface area (Å²) in [4.78, 5) is 45.9. The Morgan fingerprint density at radius 3 is 2.42 bits per heavy atom. The minimum Gasteiger partial charge on any atom is -0.493 e. The van der Waals surface area contributed by atoms with Crippen molar-refractivity contribution in [1.29, 1.82) is 0 Å². The van der Waals surface area contributed by atoms with Crippen LogP contribution in [0.2, 0.25) is 10.0 Å². The number of carbonyl (C=O) groups is 2. The Labute approximate surface area is 277 Å². The third kappa shape index (κ3) is 4.57. The van der Waals surface area contributed by atoms with Crippen molar-refractivity contribution in [2.24, 2.45) is 29.6 Å². The fourth-order valence-corrected chi connectivity index (χ4v) is 11.5. The topological polar surface area (TPSA) is 88.7 Å². The number of imide groups is 1. The number of aromatic nitrogens is 1. The summed E-state index contributed by atoms with van der Waals surface area (Å²) in [6, 6.07) is 18.8. The fourth-order valence-electron chi connectivity index (χ4n) is 8.13. The molecule has 2 aliphatic heterocycles. The summed E-state index contributed by atoms with van der Waals surface area (Å²) in [7, 11) is 1.60. The van der Waals surface area contributed by atoms with Gasteiger partial charge < -0.3 is 14.5 Å². The minimum absolute atomic E-state index is 0.0220. The lowest BCUT2D eigenvalue weighted by molar-refractivity contribution is -0.123. The largest absolute Gasteiger partial charge is 0.493 e. The first kappa shape index (κ1) is 29.2. The van der Waals surface area contributed by atoms with E-state index in [-0.39, 0.29) is 64.1 Å². The molecule has 2 bridgehead atoms. The zero-order valence-corrected chi connectivity index (χ0v) is 27.4. The third-order valence-corrected chi connectivity index (χ3v) is 13.1. The Morgan fingerprint density at radius 1 is 0.933 bits per heavy atom. The molecule has 7 nitrogen and oxygen atoms in total. The number of aryl methyl sites for hydroxylation is 1. The average Bonchev–Trinajstić information content (AvgIpc) is 3.76. The van der Waals surface area contributed by atoms with E-state index in [0.717, 1.165) is 33.0 Å². The van der Waals surface area contributed by atoms with Gasteiger partial charge in [0, 0.05) is 31.7 Å². The van der Waals surface area contributed by atoms with E-state index in [0.29, 0.717) is 27.2 Å². The number of halogens is 2. The molecule has 4 aromatic rings. The van der Waals surface area contributed by atoms with Gasteiger partial charge in [-0.15, -0.1) is 11.8 Å². The van der Waals surface area contributed by atoms with Crippen molar-refractivity contribution in [2.45, 2.75) is 36.1 Å². The number of amides is 2. The zero-order chi connectivity index (χ0) is 31.1. The molecule has 3 heterocycles. The van der Waals surface area contributed by atoms with Crippen LogP contribution in [-0.4, -0.2) is 29.2 Å². The van der Waals surface area contributed by atoms with Gasteiger partial charge in [-0.1, -0.05) is 64.4 Å². The number of anilines is 1. The first-order chi connectivity index (χ1) is 21.7. The number of thiazole rings is 1. The molecule has 1 saturated heterocycles. The van der Waals surface area contributed by atoms with Crippen molar-refractivity contribution < 1.29 is 19.1 Å². The number of methoxy groups -OCH3 is 1. The molecule has 11 heteroatoms. The van der Waals surface area contributed by atoms with Gasteiger partial charge in [-0.05, 0) is 73.1 Å². The first-order valence-corrected chi connectivity index (χ1v) is 17.3. The maximum absolute atomic E-state index is 14.0. The van der Waals surface area contributed by atoms with Crippen LogP contribution in [0.4, 0.5) is 5.69 Å². The van der Waals surface area contributed by atoms with Crippen molar-refractivity contribution in [1.82, 2.24) is 4.98 Å². The number of nitrogens with one attached hydrogen (secondary N) is 1. The van der Waals surface area contributed by atoms with Crippen molar-refractivity contribution in [3.05, 3.63) is 102 Å². The van der Waals surface area contributed by atoms with Crippen LogP contribution >= 0.6 is 46.3 Å². The molecule has 2 aliphatic carbocycles. The standard InChI is InChI=1S/C34H28Cl2N2O5S2/c1-15-3-8-19(9-4-15)38-32(39)27-20-13-21(28(27)33(38)40)29-26(20)25(30-31(44-29)37-34(41)45-30)16-6-10-23(24(11-16)42-2)43-14-17-5-7-18(35)12-22(17)36/h3-12,20-21,25-29H,13-14H2,1-2H3,(H,37,41)/t20?,21?,25-,26?,27?,28?,29?/m1/s1. The molecular weight excluding hydrogens is 651 g/mol. The van der Waals surface area contributed by atoms with Gasteiger partial charge in [-0.25, -0.2) is 0 Å². The van der Waals surface area contributed by atoms with Gasteiger partial charge >= 0.3 is 4.87 Å². The molecule has 7 atom stereocenters. The van der Waals surface area contributed by atoms with Crippen molar-refractivity contribution in [3.63, 3.8) is 0 Å². The van der Waals surface area contributed by atoms with Crippen molar-refractivity contribution >= 4 is 63.8 Å². The predicted molar refractivity (Wildman–Crippen MR) is 176 cm³/mol. The van der Waals surface area contributed by atoms with Crippen LogP contribution in [0, 0.1) is 36.5 Å². The molecule has 45 heavy (non-hydrogen) atoms. The number of aromatic amines is 1. The molecule has 0 radical (unpaired) electrons. The quantitative estimate of drug-likeness (QED) is 0.215. The van der Waals surface area contributed by atoms with E-state index in [1.807, 2.05) is 55.5 Å². The Hall–Kier alpha value is -3.24. The molecule has 2 amide bonds. The third-order valence-electron chi connectivity index (χ3n) is 9.96. The lowest BCUT2D eigenvalue weighted by Gasteiger charge is -2.43. The van der Waals surface area contributed by atoms with Gasteiger partial charge in [0.05, 0.1) is 29.7 Å². The number of H-pyrrole nitrogens is 1. The second kappa shape index (κ2) is 10.9. The number of rotatable bonds is 6. The summed E-state index contributed by atoms with van der Waals surface area (Å²) >= 11 is 15.3. The van der Waals surface area contributed by atoms with Crippen LogP contribution in [0.3, 0.4) is 0 Å². The van der Waals surface area contributed by atoms with E-state index in [1.54, 1.807) is 31.0 Å². The predicted octanol–water partition coefficient (Wildman–Crippen LogP) is 7.32. The van der Waals surface area contributed by atoms with Crippen LogP contribution in [0.5, 0.6) is 11.5 Å². The van der Waals surface area contributed by atoms with Crippen molar-refractivity contribution in [2.75, 3.05) is 12.0 Å². The summed E-state index contributed by atoms with van der Waals surface area (Å²) in [6.07, 6.45) is 0.826. The molecule has 1 aromatic heterocycles. The molecular formula is C34H28Cl2N2O5S2. The van der Waals surface area contributed by atoms with Crippen LogP contribution in [0.15, 0.2) is 70.5 Å². The fraction of sp³-hybridized carbons (Fsp3) is 0.324. The summed E-state index contributed by atoms with van der Waals surface area (Å²) in [6.45, 7) is 2.22. The molecule has 8 rings (SSSR count). The van der Waals surface area contributed by atoms with Crippen LogP contribution in [0.1, 0.15) is 33.9 Å².